The van der Waals surface area contributed by atoms with Crippen molar-refractivity contribution in [1.82, 2.24) is 30.5 Å². The molecule has 1 aliphatic rings. The number of hydrogen-bond acceptors (Lipinski definition) is 7. The molecule has 0 bridgehead atoms. The number of para-hydroxylation sites is 1. The van der Waals surface area contributed by atoms with Crippen LogP contribution in [0.1, 0.15) is 35.4 Å². The third-order valence-corrected chi connectivity index (χ3v) is 4.41. The Morgan fingerprint density at radius 1 is 1.39 bits per heavy atom. The van der Waals surface area contributed by atoms with Crippen LogP contribution in [0.25, 0.3) is 0 Å². The molecule has 0 unspecified atom stereocenters. The van der Waals surface area contributed by atoms with E-state index in [4.69, 9.17) is 9.26 Å². The molecule has 2 amide bonds. The molecule has 0 saturated heterocycles. The lowest BCUT2D eigenvalue weighted by Gasteiger charge is -2.26. The molecule has 0 spiro atoms. The molecule has 3 aromatic rings. The SMILES string of the molecule is Cc1nc(Cn2nnc(NC(=O)N[C@H]3CCOc4c(F)cccc43)c2C)no1. The molecule has 2 aromatic heterocycles. The Hall–Kier alpha value is -3.50. The van der Waals surface area contributed by atoms with Crippen LogP contribution >= 0.6 is 0 Å². The summed E-state index contributed by atoms with van der Waals surface area (Å²) in [5.74, 6) is 0.960. The number of fused-ring (bicyclic) bond motifs is 1. The Balaban J connectivity index is 1.43. The van der Waals surface area contributed by atoms with Crippen molar-refractivity contribution >= 4 is 11.8 Å². The molecule has 2 N–H and O–H groups in total. The van der Waals surface area contributed by atoms with Crippen LogP contribution in [0.2, 0.25) is 0 Å². The van der Waals surface area contributed by atoms with Gasteiger partial charge in [-0.15, -0.1) is 5.10 Å². The van der Waals surface area contributed by atoms with Gasteiger partial charge in [-0.25, -0.2) is 13.9 Å². The number of rotatable bonds is 4. The molecular formula is C17H18FN7O3. The van der Waals surface area contributed by atoms with Crippen molar-refractivity contribution in [2.75, 3.05) is 11.9 Å². The number of nitrogens with zero attached hydrogens (tertiary/aromatic N) is 5. The molecule has 0 fully saturated rings. The van der Waals surface area contributed by atoms with Crippen LogP contribution in [0.3, 0.4) is 0 Å². The Morgan fingerprint density at radius 2 is 2.25 bits per heavy atom. The van der Waals surface area contributed by atoms with Crippen molar-refractivity contribution in [3.05, 3.63) is 47.0 Å². The van der Waals surface area contributed by atoms with Crippen molar-refractivity contribution in [2.45, 2.75) is 32.9 Å². The number of aromatic nitrogens is 5. The Kier molecular flexibility index (Phi) is 4.63. The molecule has 0 radical (unpaired) electrons. The minimum absolute atomic E-state index is 0.177. The zero-order chi connectivity index (χ0) is 19.7. The average molecular weight is 387 g/mol. The molecule has 10 nitrogen and oxygen atoms in total. The van der Waals surface area contributed by atoms with E-state index in [-0.39, 0.29) is 18.3 Å². The average Bonchev–Trinajstić information content (AvgIpc) is 3.23. The second kappa shape index (κ2) is 7.25. The van der Waals surface area contributed by atoms with Crippen LogP contribution in [0.15, 0.2) is 22.7 Å². The van der Waals surface area contributed by atoms with Gasteiger partial charge in [-0.1, -0.05) is 22.5 Å². The number of aryl methyl sites for hydroxylation is 1. The molecule has 1 aliphatic heterocycles. The minimum atomic E-state index is -0.465. The van der Waals surface area contributed by atoms with E-state index in [0.717, 1.165) is 0 Å². The van der Waals surface area contributed by atoms with Gasteiger partial charge >= 0.3 is 6.03 Å². The highest BCUT2D eigenvalue weighted by Gasteiger charge is 2.25. The molecule has 28 heavy (non-hydrogen) atoms. The van der Waals surface area contributed by atoms with Crippen LogP contribution in [0.4, 0.5) is 15.0 Å². The Labute approximate surface area is 159 Å². The summed E-state index contributed by atoms with van der Waals surface area (Å²) in [6.07, 6.45) is 0.534. The number of anilines is 1. The smallest absolute Gasteiger partial charge is 0.320 e. The highest BCUT2D eigenvalue weighted by Crippen LogP contribution is 2.34. The Morgan fingerprint density at radius 3 is 3.04 bits per heavy atom. The Bertz CT molecular complexity index is 1020. The van der Waals surface area contributed by atoms with Crippen LogP contribution in [-0.2, 0) is 6.54 Å². The fourth-order valence-corrected chi connectivity index (χ4v) is 3.00. The monoisotopic (exact) mass is 387 g/mol. The van der Waals surface area contributed by atoms with Gasteiger partial charge in [0.2, 0.25) is 5.89 Å². The summed E-state index contributed by atoms with van der Waals surface area (Å²) in [4.78, 5) is 16.5. The van der Waals surface area contributed by atoms with Gasteiger partial charge in [0, 0.05) is 18.9 Å². The maximum Gasteiger partial charge on any atom is 0.320 e. The summed E-state index contributed by atoms with van der Waals surface area (Å²) >= 11 is 0. The third kappa shape index (κ3) is 3.50. The largest absolute Gasteiger partial charge is 0.490 e. The van der Waals surface area contributed by atoms with Gasteiger partial charge in [0.25, 0.3) is 0 Å². The lowest BCUT2D eigenvalue weighted by Crippen LogP contribution is -2.35. The summed E-state index contributed by atoms with van der Waals surface area (Å²) in [6.45, 7) is 4.05. The predicted molar refractivity (Wildman–Crippen MR) is 94.3 cm³/mol. The number of carbonyl (C=O) groups is 1. The van der Waals surface area contributed by atoms with Crippen molar-refractivity contribution in [1.29, 1.82) is 0 Å². The lowest BCUT2D eigenvalue weighted by atomic mass is 10.0. The van der Waals surface area contributed by atoms with Crippen molar-refractivity contribution in [3.8, 4) is 5.75 Å². The zero-order valence-corrected chi connectivity index (χ0v) is 15.3. The summed E-state index contributed by atoms with van der Waals surface area (Å²) in [7, 11) is 0. The van der Waals surface area contributed by atoms with E-state index in [1.807, 2.05) is 0 Å². The first-order valence-corrected chi connectivity index (χ1v) is 8.69. The van der Waals surface area contributed by atoms with Gasteiger partial charge in [-0.3, -0.25) is 5.32 Å². The van der Waals surface area contributed by atoms with Gasteiger partial charge in [-0.05, 0) is 13.0 Å². The number of hydrogen-bond donors (Lipinski definition) is 2. The molecule has 0 aliphatic carbocycles. The van der Waals surface area contributed by atoms with E-state index in [2.05, 4.69) is 31.1 Å². The first-order valence-electron chi connectivity index (χ1n) is 8.69. The van der Waals surface area contributed by atoms with Gasteiger partial charge < -0.3 is 14.6 Å². The fourth-order valence-electron chi connectivity index (χ4n) is 3.00. The second-order valence-electron chi connectivity index (χ2n) is 6.36. The number of benzene rings is 1. The van der Waals surface area contributed by atoms with Gasteiger partial charge in [0.1, 0.15) is 6.54 Å². The quantitative estimate of drug-likeness (QED) is 0.703. The van der Waals surface area contributed by atoms with E-state index < -0.39 is 11.8 Å². The topological polar surface area (TPSA) is 120 Å². The highest BCUT2D eigenvalue weighted by atomic mass is 19.1. The van der Waals surface area contributed by atoms with E-state index in [1.165, 1.54) is 6.07 Å². The summed E-state index contributed by atoms with van der Waals surface area (Å²) in [5, 5.41) is 17.3. The van der Waals surface area contributed by atoms with Crippen molar-refractivity contribution in [3.63, 3.8) is 0 Å². The van der Waals surface area contributed by atoms with Crippen LogP contribution < -0.4 is 15.4 Å². The molecule has 1 aromatic carbocycles. The molecule has 146 valence electrons. The molecule has 3 heterocycles. The maximum atomic E-state index is 13.9. The normalized spacial score (nSPS) is 15.6. The van der Waals surface area contributed by atoms with Crippen molar-refractivity contribution in [2.24, 2.45) is 0 Å². The van der Waals surface area contributed by atoms with E-state index in [0.29, 0.717) is 41.8 Å². The maximum absolute atomic E-state index is 13.9. The molecule has 11 heteroatoms. The van der Waals surface area contributed by atoms with Gasteiger partial charge in [0.15, 0.2) is 23.2 Å². The highest BCUT2D eigenvalue weighted by molar-refractivity contribution is 5.89. The molecule has 4 rings (SSSR count). The fraction of sp³-hybridized carbons (Fsp3) is 0.353. The number of halogens is 1. The predicted octanol–water partition coefficient (Wildman–Crippen LogP) is 2.11. The zero-order valence-electron chi connectivity index (χ0n) is 15.3. The lowest BCUT2D eigenvalue weighted by molar-refractivity contribution is 0.227. The number of urea groups is 1. The molecule has 1 atom stereocenters. The standard InChI is InChI=1S/C17H18FN7O3/c1-9-16(22-24-25(9)8-14-19-10(2)28-23-14)21-17(26)20-13-6-7-27-15-11(13)4-3-5-12(15)18/h3-5,13H,6-8H2,1-2H3,(H2,20,21,26)/t13-/m0/s1. The van der Waals surface area contributed by atoms with E-state index >= 15 is 0 Å². The van der Waals surface area contributed by atoms with E-state index in [9.17, 15) is 9.18 Å². The third-order valence-electron chi connectivity index (χ3n) is 4.41. The van der Waals surface area contributed by atoms with Gasteiger partial charge in [-0.2, -0.15) is 4.98 Å². The number of carbonyl (C=O) groups excluding carboxylic acids is 1. The second-order valence-corrected chi connectivity index (χ2v) is 6.36. The molecule has 0 saturated carbocycles. The molecular weight excluding hydrogens is 369 g/mol. The first-order chi connectivity index (χ1) is 13.5. The number of nitrogens with one attached hydrogen (secondary N) is 2. The number of ether oxygens (including phenoxy) is 1. The minimum Gasteiger partial charge on any atom is -0.490 e. The number of amides is 2. The summed E-state index contributed by atoms with van der Waals surface area (Å²) < 4.78 is 25.7. The first kappa shape index (κ1) is 17.9. The summed E-state index contributed by atoms with van der Waals surface area (Å²) in [6, 6.07) is 3.82. The van der Waals surface area contributed by atoms with Crippen LogP contribution in [0, 0.1) is 19.7 Å². The van der Waals surface area contributed by atoms with Crippen LogP contribution in [0.5, 0.6) is 5.75 Å². The van der Waals surface area contributed by atoms with Crippen LogP contribution in [-0.4, -0.2) is 37.8 Å². The van der Waals surface area contributed by atoms with Gasteiger partial charge in [0.05, 0.1) is 18.3 Å². The summed E-state index contributed by atoms with van der Waals surface area (Å²) in [5.41, 5.74) is 1.24. The van der Waals surface area contributed by atoms with Crippen molar-refractivity contribution < 1.29 is 18.4 Å². The van der Waals surface area contributed by atoms with E-state index in [1.54, 1.807) is 30.7 Å².